The van der Waals surface area contributed by atoms with Gasteiger partial charge >= 0.3 is 5.97 Å². The van der Waals surface area contributed by atoms with Crippen molar-refractivity contribution in [1.82, 2.24) is 0 Å². The molecule has 0 aromatic heterocycles. The third-order valence-corrected chi connectivity index (χ3v) is 7.15. The van der Waals surface area contributed by atoms with E-state index in [-0.39, 0.29) is 11.4 Å². The molecule has 3 rings (SSSR count). The van der Waals surface area contributed by atoms with E-state index in [1.54, 1.807) is 12.1 Å². The third-order valence-electron chi connectivity index (χ3n) is 6.07. The average molecular weight is 427 g/mol. The van der Waals surface area contributed by atoms with Gasteiger partial charge in [0.1, 0.15) is 5.75 Å². The summed E-state index contributed by atoms with van der Waals surface area (Å²) in [5, 5.41) is 0. The number of unbranched alkanes of at least 4 members (excludes halogenated alkanes) is 2. The molecule has 0 saturated heterocycles. The van der Waals surface area contributed by atoms with Crippen LogP contribution in [-0.4, -0.2) is 25.4 Å². The molecule has 2 aromatic carbocycles. The molecule has 0 spiro atoms. The summed E-state index contributed by atoms with van der Waals surface area (Å²) in [6.45, 7) is 7.61. The maximum Gasteiger partial charge on any atom is 0.337 e. The van der Waals surface area contributed by atoms with Crippen LogP contribution in [0.2, 0.25) is 0 Å². The number of rotatable bonds is 9. The van der Waals surface area contributed by atoms with Gasteiger partial charge in [-0.05, 0) is 65.5 Å². The molecule has 1 unspecified atom stereocenters. The SMILES string of the molecule is CCCCCC(COc1ccc(C(=O)OC)cc1)c1ccc2c(c1)C(C)(C)CCS2. The predicted molar refractivity (Wildman–Crippen MR) is 125 cm³/mol. The molecule has 0 bridgehead atoms. The lowest BCUT2D eigenvalue weighted by Crippen LogP contribution is -2.23. The van der Waals surface area contributed by atoms with Crippen molar-refractivity contribution >= 4 is 17.7 Å². The van der Waals surface area contributed by atoms with Gasteiger partial charge in [0.2, 0.25) is 0 Å². The van der Waals surface area contributed by atoms with Crippen LogP contribution >= 0.6 is 11.8 Å². The van der Waals surface area contributed by atoms with Gasteiger partial charge in [-0.2, -0.15) is 0 Å². The summed E-state index contributed by atoms with van der Waals surface area (Å²) < 4.78 is 10.9. The second-order valence-electron chi connectivity index (χ2n) is 8.76. The van der Waals surface area contributed by atoms with Gasteiger partial charge in [0, 0.05) is 10.8 Å². The largest absolute Gasteiger partial charge is 0.493 e. The minimum Gasteiger partial charge on any atom is -0.493 e. The van der Waals surface area contributed by atoms with Crippen molar-refractivity contribution in [2.75, 3.05) is 19.5 Å². The fourth-order valence-corrected chi connectivity index (χ4v) is 5.48. The van der Waals surface area contributed by atoms with E-state index in [2.05, 4.69) is 39.0 Å². The Kier molecular flexibility index (Phi) is 7.87. The van der Waals surface area contributed by atoms with Crippen molar-refractivity contribution < 1.29 is 14.3 Å². The Morgan fingerprint density at radius 2 is 1.90 bits per heavy atom. The highest BCUT2D eigenvalue weighted by atomic mass is 32.2. The van der Waals surface area contributed by atoms with Crippen molar-refractivity contribution in [1.29, 1.82) is 0 Å². The maximum atomic E-state index is 11.6. The molecule has 0 saturated carbocycles. The van der Waals surface area contributed by atoms with E-state index in [4.69, 9.17) is 9.47 Å². The van der Waals surface area contributed by atoms with Crippen LogP contribution in [0.3, 0.4) is 0 Å². The third kappa shape index (κ3) is 5.60. The fraction of sp³-hybridized carbons (Fsp3) is 0.500. The normalized spacial score (nSPS) is 15.9. The zero-order valence-corrected chi connectivity index (χ0v) is 19.5. The lowest BCUT2D eigenvalue weighted by Gasteiger charge is -2.33. The van der Waals surface area contributed by atoms with Crippen LogP contribution in [0.1, 0.15) is 80.3 Å². The number of methoxy groups -OCH3 is 1. The molecule has 0 aliphatic carbocycles. The quantitative estimate of drug-likeness (QED) is 0.320. The lowest BCUT2D eigenvalue weighted by atomic mass is 9.79. The van der Waals surface area contributed by atoms with E-state index in [9.17, 15) is 4.79 Å². The van der Waals surface area contributed by atoms with Gasteiger partial charge < -0.3 is 9.47 Å². The second kappa shape index (κ2) is 10.4. The molecule has 0 amide bonds. The van der Waals surface area contributed by atoms with Crippen LogP contribution in [-0.2, 0) is 10.2 Å². The van der Waals surface area contributed by atoms with Crippen LogP contribution in [0.4, 0.5) is 0 Å². The molecule has 0 N–H and O–H groups in total. The second-order valence-corrected chi connectivity index (χ2v) is 9.89. The predicted octanol–water partition coefficient (Wildman–Crippen LogP) is 6.99. The number of fused-ring (bicyclic) bond motifs is 1. The van der Waals surface area contributed by atoms with Crippen molar-refractivity contribution in [3.8, 4) is 5.75 Å². The van der Waals surface area contributed by atoms with E-state index in [0.717, 1.165) is 12.2 Å². The molecule has 1 atom stereocenters. The summed E-state index contributed by atoms with van der Waals surface area (Å²) in [5.41, 5.74) is 3.64. The van der Waals surface area contributed by atoms with Crippen LogP contribution in [0.15, 0.2) is 47.4 Å². The average Bonchev–Trinajstić information content (AvgIpc) is 2.76. The van der Waals surface area contributed by atoms with Crippen molar-refractivity contribution in [3.63, 3.8) is 0 Å². The molecule has 3 nitrogen and oxygen atoms in total. The topological polar surface area (TPSA) is 35.5 Å². The van der Waals surface area contributed by atoms with Crippen LogP contribution < -0.4 is 4.74 Å². The Bertz CT molecular complexity index is 842. The number of carbonyl (C=O) groups is 1. The fourth-order valence-electron chi connectivity index (χ4n) is 4.00. The molecule has 4 heteroatoms. The number of hydrogen-bond donors (Lipinski definition) is 0. The summed E-state index contributed by atoms with van der Waals surface area (Å²) in [5.74, 6) is 2.03. The Morgan fingerprint density at radius 1 is 1.13 bits per heavy atom. The monoisotopic (exact) mass is 426 g/mol. The van der Waals surface area contributed by atoms with Crippen molar-refractivity contribution in [3.05, 3.63) is 59.2 Å². The number of carbonyl (C=O) groups excluding carboxylic acids is 1. The highest BCUT2D eigenvalue weighted by Gasteiger charge is 2.28. The molecule has 1 heterocycles. The molecule has 30 heavy (non-hydrogen) atoms. The Hall–Kier alpha value is -1.94. The van der Waals surface area contributed by atoms with Crippen molar-refractivity contribution in [2.24, 2.45) is 0 Å². The van der Waals surface area contributed by atoms with Gasteiger partial charge in [0.05, 0.1) is 19.3 Å². The smallest absolute Gasteiger partial charge is 0.337 e. The van der Waals surface area contributed by atoms with E-state index in [1.807, 2.05) is 23.9 Å². The standard InChI is InChI=1S/C26H34O3S/c1-5-6-7-8-21(18-29-22-12-9-19(10-13-22)25(27)28-4)20-11-14-24-23(17-20)26(2,3)15-16-30-24/h9-14,17,21H,5-8,15-16,18H2,1-4H3. The van der Waals surface area contributed by atoms with Gasteiger partial charge in [0.25, 0.3) is 0 Å². The first-order chi connectivity index (χ1) is 14.4. The summed E-state index contributed by atoms with van der Waals surface area (Å²) in [6.07, 6.45) is 6.02. The first-order valence-electron chi connectivity index (χ1n) is 11.0. The Morgan fingerprint density at radius 3 is 2.60 bits per heavy atom. The molecule has 162 valence electrons. The Balaban J connectivity index is 1.75. The van der Waals surface area contributed by atoms with Crippen LogP contribution in [0.5, 0.6) is 5.75 Å². The number of benzene rings is 2. The lowest BCUT2D eigenvalue weighted by molar-refractivity contribution is 0.0600. The molecule has 0 fully saturated rings. The van der Waals surface area contributed by atoms with E-state index < -0.39 is 0 Å². The zero-order chi connectivity index (χ0) is 21.6. The first-order valence-corrected chi connectivity index (χ1v) is 12.0. The van der Waals surface area contributed by atoms with Crippen molar-refractivity contribution in [2.45, 2.75) is 69.1 Å². The number of esters is 1. The van der Waals surface area contributed by atoms with Gasteiger partial charge in [-0.1, -0.05) is 52.2 Å². The first kappa shape index (κ1) is 22.7. The molecular formula is C26H34O3S. The summed E-state index contributed by atoms with van der Waals surface area (Å²) >= 11 is 1.98. The van der Waals surface area contributed by atoms with Gasteiger partial charge in [0.15, 0.2) is 0 Å². The van der Waals surface area contributed by atoms with E-state index in [0.29, 0.717) is 18.1 Å². The maximum absolute atomic E-state index is 11.6. The minimum absolute atomic E-state index is 0.231. The zero-order valence-electron chi connectivity index (χ0n) is 18.7. The summed E-state index contributed by atoms with van der Waals surface area (Å²) in [7, 11) is 1.39. The number of thioether (sulfide) groups is 1. The molecule has 1 aliphatic rings. The molecule has 0 radical (unpaired) electrons. The van der Waals surface area contributed by atoms with Gasteiger partial charge in [-0.25, -0.2) is 4.79 Å². The highest BCUT2D eigenvalue weighted by Crippen LogP contribution is 2.43. The van der Waals surface area contributed by atoms with E-state index >= 15 is 0 Å². The summed E-state index contributed by atoms with van der Waals surface area (Å²) in [6, 6.07) is 14.3. The summed E-state index contributed by atoms with van der Waals surface area (Å²) in [4.78, 5) is 13.1. The highest BCUT2D eigenvalue weighted by molar-refractivity contribution is 7.99. The molecule has 2 aromatic rings. The number of ether oxygens (including phenoxy) is 2. The van der Waals surface area contributed by atoms with Crippen LogP contribution in [0, 0.1) is 0 Å². The Labute approximate surface area is 185 Å². The van der Waals surface area contributed by atoms with E-state index in [1.165, 1.54) is 54.6 Å². The van der Waals surface area contributed by atoms with Gasteiger partial charge in [-0.15, -0.1) is 11.8 Å². The van der Waals surface area contributed by atoms with Gasteiger partial charge in [-0.3, -0.25) is 0 Å². The minimum atomic E-state index is -0.325. The van der Waals surface area contributed by atoms with Crippen LogP contribution in [0.25, 0.3) is 0 Å². The molecular weight excluding hydrogens is 392 g/mol. The number of hydrogen-bond acceptors (Lipinski definition) is 4. The molecule has 1 aliphatic heterocycles.